The van der Waals surface area contributed by atoms with Gasteiger partial charge in [-0.3, -0.25) is 4.90 Å². The highest BCUT2D eigenvalue weighted by Crippen LogP contribution is 2.39. The van der Waals surface area contributed by atoms with Crippen LogP contribution in [-0.2, 0) is 4.74 Å². The number of fused-ring (bicyclic) bond motifs is 1. The van der Waals surface area contributed by atoms with E-state index in [0.29, 0.717) is 31.7 Å². The number of ether oxygens (including phenoxy) is 1. The number of carboxylic acid groups (broad SMARTS) is 1. The lowest BCUT2D eigenvalue weighted by Gasteiger charge is -2.53. The molecule has 7 heteroatoms. The summed E-state index contributed by atoms with van der Waals surface area (Å²) in [6.07, 6.45) is -1.37. The molecule has 0 radical (unpaired) electrons. The molecule has 3 rings (SSSR count). The summed E-state index contributed by atoms with van der Waals surface area (Å²) in [5.41, 5.74) is 1.29. The second-order valence-corrected chi connectivity index (χ2v) is 8.45. The average Bonchev–Trinajstić information content (AvgIpc) is 2.60. The number of rotatable bonds is 1. The van der Waals surface area contributed by atoms with Crippen LogP contribution >= 0.6 is 0 Å². The Bertz CT molecular complexity index is 784. The molecule has 1 unspecified atom stereocenters. The van der Waals surface area contributed by atoms with E-state index in [0.717, 1.165) is 5.56 Å². The van der Waals surface area contributed by atoms with E-state index in [2.05, 4.69) is 25.7 Å². The molecule has 27 heavy (non-hydrogen) atoms. The molecule has 2 heterocycles. The fourth-order valence-corrected chi connectivity index (χ4v) is 4.19. The standard InChI is InChI=1S/C20H26FN3O3/c1-12-13(5-6-15(21)14(12)9-22)17-11-23-7-8-24(19(25)26)10-16(23)18(27-17)20(2,3)4/h5-6,16-18H,7-8,10-11H2,1-4H3,(H,25,26)/t16-,17+,18?/m0/s1. The number of hydrogen-bond acceptors (Lipinski definition) is 4. The molecule has 0 bridgehead atoms. The largest absolute Gasteiger partial charge is 0.465 e. The summed E-state index contributed by atoms with van der Waals surface area (Å²) in [7, 11) is 0. The first kappa shape index (κ1) is 19.6. The predicted molar refractivity (Wildman–Crippen MR) is 97.9 cm³/mol. The Kier molecular flexibility index (Phi) is 5.15. The molecule has 1 aromatic carbocycles. The molecule has 2 aliphatic rings. The van der Waals surface area contributed by atoms with Crippen LogP contribution in [0.3, 0.4) is 0 Å². The zero-order valence-electron chi connectivity index (χ0n) is 16.2. The first-order valence-corrected chi connectivity index (χ1v) is 9.20. The number of morpholine rings is 1. The highest BCUT2D eigenvalue weighted by molar-refractivity contribution is 5.65. The van der Waals surface area contributed by atoms with Gasteiger partial charge in [0.2, 0.25) is 0 Å². The molecule has 0 aliphatic carbocycles. The quantitative estimate of drug-likeness (QED) is 0.816. The molecule has 0 aromatic heterocycles. The van der Waals surface area contributed by atoms with Crippen LogP contribution in [0.1, 0.15) is 43.6 Å². The molecule has 2 saturated heterocycles. The fraction of sp³-hybridized carbons (Fsp3) is 0.600. The van der Waals surface area contributed by atoms with Crippen LogP contribution in [0.15, 0.2) is 12.1 Å². The predicted octanol–water partition coefficient (Wildman–Crippen LogP) is 3.16. The first-order chi connectivity index (χ1) is 12.6. The van der Waals surface area contributed by atoms with Crippen LogP contribution in [0.5, 0.6) is 0 Å². The number of nitriles is 1. The van der Waals surface area contributed by atoms with Crippen LogP contribution in [0.2, 0.25) is 0 Å². The van der Waals surface area contributed by atoms with Crippen molar-refractivity contribution in [2.24, 2.45) is 5.41 Å². The van der Waals surface area contributed by atoms with E-state index in [9.17, 15) is 19.6 Å². The highest BCUT2D eigenvalue weighted by atomic mass is 19.1. The minimum Gasteiger partial charge on any atom is -0.465 e. The van der Waals surface area contributed by atoms with Gasteiger partial charge in [-0.05, 0) is 29.5 Å². The van der Waals surface area contributed by atoms with Gasteiger partial charge in [0.05, 0.1) is 23.8 Å². The molecule has 1 amide bonds. The third-order valence-corrected chi connectivity index (χ3v) is 5.63. The monoisotopic (exact) mass is 375 g/mol. The number of benzene rings is 1. The van der Waals surface area contributed by atoms with Gasteiger partial charge in [0.25, 0.3) is 0 Å². The Morgan fingerprint density at radius 1 is 1.33 bits per heavy atom. The fourth-order valence-electron chi connectivity index (χ4n) is 4.19. The van der Waals surface area contributed by atoms with Crippen molar-refractivity contribution in [3.8, 4) is 6.07 Å². The Morgan fingerprint density at radius 2 is 2.04 bits per heavy atom. The zero-order valence-corrected chi connectivity index (χ0v) is 16.2. The van der Waals surface area contributed by atoms with Gasteiger partial charge < -0.3 is 14.7 Å². The number of hydrogen-bond donors (Lipinski definition) is 1. The molecule has 1 aromatic rings. The maximum atomic E-state index is 13.9. The van der Waals surface area contributed by atoms with E-state index < -0.39 is 11.9 Å². The Balaban J connectivity index is 1.94. The van der Waals surface area contributed by atoms with Crippen LogP contribution in [0, 0.1) is 29.5 Å². The van der Waals surface area contributed by atoms with Crippen molar-refractivity contribution in [1.82, 2.24) is 9.80 Å². The third kappa shape index (κ3) is 3.64. The van der Waals surface area contributed by atoms with Gasteiger partial charge in [-0.25, -0.2) is 9.18 Å². The normalized spacial score (nSPS) is 26.4. The van der Waals surface area contributed by atoms with Gasteiger partial charge in [0.15, 0.2) is 0 Å². The van der Waals surface area contributed by atoms with Gasteiger partial charge in [-0.15, -0.1) is 0 Å². The lowest BCUT2D eigenvalue weighted by molar-refractivity contribution is -0.173. The van der Waals surface area contributed by atoms with Crippen molar-refractivity contribution in [2.45, 2.75) is 45.9 Å². The number of halogens is 1. The molecule has 2 aliphatic heterocycles. The molecule has 6 nitrogen and oxygen atoms in total. The highest BCUT2D eigenvalue weighted by Gasteiger charge is 2.46. The van der Waals surface area contributed by atoms with Crippen LogP contribution in [0.25, 0.3) is 0 Å². The molecular formula is C20H26FN3O3. The van der Waals surface area contributed by atoms with Crippen LogP contribution < -0.4 is 0 Å². The summed E-state index contributed by atoms with van der Waals surface area (Å²) in [4.78, 5) is 15.1. The molecule has 0 saturated carbocycles. The summed E-state index contributed by atoms with van der Waals surface area (Å²) >= 11 is 0. The summed E-state index contributed by atoms with van der Waals surface area (Å²) in [6.45, 7) is 10.1. The maximum absolute atomic E-state index is 13.9. The van der Waals surface area contributed by atoms with Crippen molar-refractivity contribution in [3.63, 3.8) is 0 Å². The maximum Gasteiger partial charge on any atom is 0.407 e. The summed E-state index contributed by atoms with van der Waals surface area (Å²) in [5.74, 6) is -0.519. The lowest BCUT2D eigenvalue weighted by atomic mass is 9.81. The van der Waals surface area contributed by atoms with Crippen LogP contribution in [-0.4, -0.2) is 59.3 Å². The third-order valence-electron chi connectivity index (χ3n) is 5.63. The molecule has 1 N–H and O–H groups in total. The summed E-state index contributed by atoms with van der Waals surface area (Å²) < 4.78 is 20.4. The van der Waals surface area contributed by atoms with Gasteiger partial charge in [-0.1, -0.05) is 26.8 Å². The number of piperazine rings is 1. The summed E-state index contributed by atoms with van der Waals surface area (Å²) in [6, 6.07) is 4.94. The number of amides is 1. The second-order valence-electron chi connectivity index (χ2n) is 8.45. The van der Waals surface area contributed by atoms with Gasteiger partial charge in [0.1, 0.15) is 11.9 Å². The smallest absolute Gasteiger partial charge is 0.407 e. The van der Waals surface area contributed by atoms with E-state index in [1.54, 1.807) is 13.0 Å². The van der Waals surface area contributed by atoms with Crippen molar-refractivity contribution < 1.29 is 19.0 Å². The minimum absolute atomic E-state index is 0.0257. The molecule has 2 fully saturated rings. The van der Waals surface area contributed by atoms with Crippen LogP contribution in [0.4, 0.5) is 9.18 Å². The molecule has 3 atom stereocenters. The number of carbonyl (C=O) groups is 1. The molecular weight excluding hydrogens is 349 g/mol. The average molecular weight is 375 g/mol. The van der Waals surface area contributed by atoms with Crippen molar-refractivity contribution in [2.75, 3.05) is 26.2 Å². The van der Waals surface area contributed by atoms with E-state index in [1.165, 1.54) is 11.0 Å². The van der Waals surface area contributed by atoms with E-state index >= 15 is 0 Å². The van der Waals surface area contributed by atoms with Gasteiger partial charge in [0, 0.05) is 26.2 Å². The Morgan fingerprint density at radius 3 is 2.63 bits per heavy atom. The Labute approximate surface area is 159 Å². The van der Waals surface area contributed by atoms with Crippen molar-refractivity contribution in [3.05, 3.63) is 34.6 Å². The van der Waals surface area contributed by atoms with Crippen molar-refractivity contribution >= 4 is 6.09 Å². The SMILES string of the molecule is Cc1c([C@H]2CN3CCN(C(=O)O)C[C@H]3C(C(C)(C)C)O2)ccc(F)c1C#N. The Hall–Kier alpha value is -2.17. The van der Waals surface area contributed by atoms with E-state index in [-0.39, 0.29) is 29.2 Å². The van der Waals surface area contributed by atoms with Crippen molar-refractivity contribution in [1.29, 1.82) is 5.26 Å². The molecule has 0 spiro atoms. The van der Waals surface area contributed by atoms with E-state index in [4.69, 9.17) is 4.74 Å². The zero-order chi connectivity index (χ0) is 19.9. The van der Waals surface area contributed by atoms with Gasteiger partial charge in [-0.2, -0.15) is 5.26 Å². The lowest BCUT2D eigenvalue weighted by Crippen LogP contribution is -2.65. The number of nitrogens with zero attached hydrogens (tertiary/aromatic N) is 3. The summed E-state index contributed by atoms with van der Waals surface area (Å²) in [5, 5.41) is 18.6. The van der Waals surface area contributed by atoms with E-state index in [1.807, 2.05) is 6.07 Å². The minimum atomic E-state index is -0.905. The topological polar surface area (TPSA) is 76.8 Å². The molecule has 146 valence electrons. The second kappa shape index (κ2) is 7.10. The first-order valence-electron chi connectivity index (χ1n) is 9.20. The van der Waals surface area contributed by atoms with Gasteiger partial charge >= 0.3 is 6.09 Å².